The Bertz CT molecular complexity index is 817. The van der Waals surface area contributed by atoms with Crippen LogP contribution in [0.3, 0.4) is 0 Å². The molecule has 0 aromatic heterocycles. The Kier molecular flexibility index (Phi) is 13.4. The van der Waals surface area contributed by atoms with Crippen molar-refractivity contribution in [3.63, 3.8) is 0 Å². The fraction of sp³-hybridized carbons (Fsp3) is 0.679. The summed E-state index contributed by atoms with van der Waals surface area (Å²) in [6.45, 7) is 14.4. The van der Waals surface area contributed by atoms with Crippen LogP contribution < -0.4 is 10.6 Å². The lowest BCUT2D eigenvalue weighted by atomic mass is 9.98. The Labute approximate surface area is 212 Å². The van der Waals surface area contributed by atoms with Gasteiger partial charge >= 0.3 is 6.09 Å². The van der Waals surface area contributed by atoms with Gasteiger partial charge in [0.1, 0.15) is 18.2 Å². The first kappa shape index (κ1) is 30.5. The number of alkyl carbamates (subject to hydrolysis) is 1. The van der Waals surface area contributed by atoms with E-state index < -0.39 is 17.7 Å². The molecule has 2 N–H and O–H groups in total. The van der Waals surface area contributed by atoms with E-state index in [2.05, 4.69) is 24.5 Å². The van der Waals surface area contributed by atoms with Crippen molar-refractivity contribution in [2.75, 3.05) is 19.6 Å². The van der Waals surface area contributed by atoms with Crippen LogP contribution in [0.15, 0.2) is 18.2 Å². The van der Waals surface area contributed by atoms with E-state index in [0.717, 1.165) is 61.6 Å². The minimum Gasteiger partial charge on any atom is -0.444 e. The molecule has 7 nitrogen and oxygen atoms in total. The maximum absolute atomic E-state index is 13.4. The van der Waals surface area contributed by atoms with E-state index in [1.54, 1.807) is 25.7 Å². The predicted molar refractivity (Wildman–Crippen MR) is 141 cm³/mol. The van der Waals surface area contributed by atoms with E-state index in [4.69, 9.17) is 4.74 Å². The van der Waals surface area contributed by atoms with Gasteiger partial charge < -0.3 is 20.3 Å². The molecular formula is C28H47N3O4. The van der Waals surface area contributed by atoms with Crippen molar-refractivity contribution < 1.29 is 19.1 Å². The van der Waals surface area contributed by atoms with Crippen molar-refractivity contribution in [3.05, 3.63) is 34.9 Å². The largest absolute Gasteiger partial charge is 0.444 e. The number of hydrogen-bond donors (Lipinski definition) is 2. The summed E-state index contributed by atoms with van der Waals surface area (Å²) in [5, 5.41) is 5.60. The second-order valence-electron chi connectivity index (χ2n) is 10.2. The summed E-state index contributed by atoms with van der Waals surface area (Å²) in [6, 6.07) is 5.14. The van der Waals surface area contributed by atoms with Crippen LogP contribution in [0.25, 0.3) is 0 Å². The first-order chi connectivity index (χ1) is 16.5. The van der Waals surface area contributed by atoms with Gasteiger partial charge in [-0.1, -0.05) is 64.2 Å². The van der Waals surface area contributed by atoms with E-state index in [1.165, 1.54) is 0 Å². The molecule has 0 spiro atoms. The number of rotatable bonds is 14. The molecule has 3 amide bonds. The number of benzene rings is 1. The molecule has 0 radical (unpaired) electrons. The number of nitrogens with one attached hydrogen (secondary N) is 2. The molecule has 1 aromatic carbocycles. The van der Waals surface area contributed by atoms with Crippen molar-refractivity contribution in [2.24, 2.45) is 0 Å². The summed E-state index contributed by atoms with van der Waals surface area (Å²) in [5.74, 6) is -0.496. The van der Waals surface area contributed by atoms with Crippen molar-refractivity contribution >= 4 is 17.9 Å². The van der Waals surface area contributed by atoms with Gasteiger partial charge in [0.2, 0.25) is 11.8 Å². The second kappa shape index (κ2) is 15.4. The van der Waals surface area contributed by atoms with Gasteiger partial charge in [0, 0.05) is 13.1 Å². The average Bonchev–Trinajstić information content (AvgIpc) is 2.78. The molecule has 1 rings (SSSR count). The first-order valence-corrected chi connectivity index (χ1v) is 13.1. The van der Waals surface area contributed by atoms with Gasteiger partial charge in [-0.3, -0.25) is 9.59 Å². The summed E-state index contributed by atoms with van der Waals surface area (Å²) < 4.78 is 5.28. The molecule has 35 heavy (non-hydrogen) atoms. The topological polar surface area (TPSA) is 87.7 Å². The highest BCUT2D eigenvalue weighted by Crippen LogP contribution is 2.25. The summed E-state index contributed by atoms with van der Waals surface area (Å²) in [5.41, 5.74) is 2.31. The van der Waals surface area contributed by atoms with E-state index >= 15 is 0 Å². The van der Waals surface area contributed by atoms with Crippen LogP contribution in [-0.4, -0.2) is 48.0 Å². The van der Waals surface area contributed by atoms with Crippen LogP contribution in [0, 0.1) is 13.8 Å². The number of carbonyl (C=O) groups is 3. The third-order valence-corrected chi connectivity index (χ3v) is 5.84. The van der Waals surface area contributed by atoms with Crippen molar-refractivity contribution in [2.45, 2.75) is 105 Å². The Morgan fingerprint density at radius 1 is 0.914 bits per heavy atom. The van der Waals surface area contributed by atoms with Crippen LogP contribution in [-0.2, 0) is 14.3 Å². The molecule has 198 valence electrons. The Hall–Kier alpha value is -2.57. The number of carbonyl (C=O) groups excluding carboxylic acids is 3. The molecule has 0 saturated heterocycles. The molecular weight excluding hydrogens is 442 g/mol. The summed E-state index contributed by atoms with van der Waals surface area (Å²) >= 11 is 0. The second-order valence-corrected chi connectivity index (χ2v) is 10.2. The lowest BCUT2D eigenvalue weighted by Crippen LogP contribution is -2.48. The number of hydrogen-bond acceptors (Lipinski definition) is 4. The lowest BCUT2D eigenvalue weighted by molar-refractivity contribution is -0.140. The van der Waals surface area contributed by atoms with Gasteiger partial charge in [0.15, 0.2) is 0 Å². The quantitative estimate of drug-likeness (QED) is 0.334. The number of unbranched alkanes of at least 4 members (excludes halogenated alkanes) is 5. The maximum Gasteiger partial charge on any atom is 0.408 e. The standard InChI is InChI=1S/C28H47N3O4/c1-8-10-12-14-18-31(24(32)20-30-27(34)35-28(5,6)7)25(26(33)29-17-13-11-9-2)23-16-15-21(3)22(4)19-23/h15-16,19,25H,8-14,17-18,20H2,1-7H3,(H,29,33)(H,30,34). The summed E-state index contributed by atoms with van der Waals surface area (Å²) in [7, 11) is 0. The minimum atomic E-state index is -0.759. The predicted octanol–water partition coefficient (Wildman–Crippen LogP) is 5.58. The van der Waals surface area contributed by atoms with Gasteiger partial charge in [0.25, 0.3) is 0 Å². The molecule has 7 heteroatoms. The highest BCUT2D eigenvalue weighted by Gasteiger charge is 2.31. The van der Waals surface area contributed by atoms with E-state index in [-0.39, 0.29) is 18.4 Å². The molecule has 1 atom stereocenters. The van der Waals surface area contributed by atoms with Gasteiger partial charge in [-0.15, -0.1) is 0 Å². The molecule has 0 aliphatic rings. The number of ether oxygens (including phenoxy) is 1. The average molecular weight is 490 g/mol. The molecule has 1 unspecified atom stereocenters. The molecule has 0 aliphatic heterocycles. The Morgan fingerprint density at radius 3 is 2.17 bits per heavy atom. The third kappa shape index (κ3) is 11.6. The van der Waals surface area contributed by atoms with Crippen LogP contribution in [0.5, 0.6) is 0 Å². The van der Waals surface area contributed by atoms with Gasteiger partial charge in [-0.05, 0) is 64.2 Å². The van der Waals surface area contributed by atoms with Crippen LogP contribution in [0.1, 0.15) is 102 Å². The molecule has 0 saturated carbocycles. The zero-order valence-corrected chi connectivity index (χ0v) is 23.0. The summed E-state index contributed by atoms with van der Waals surface area (Å²) in [4.78, 5) is 40.6. The van der Waals surface area contributed by atoms with Crippen LogP contribution in [0.4, 0.5) is 4.79 Å². The van der Waals surface area contributed by atoms with Gasteiger partial charge in [-0.25, -0.2) is 4.79 Å². The highest BCUT2D eigenvalue weighted by molar-refractivity contribution is 5.90. The molecule has 0 aliphatic carbocycles. The Balaban J connectivity index is 3.19. The number of aryl methyl sites for hydroxylation is 2. The minimum absolute atomic E-state index is 0.189. The number of amides is 3. The SMILES string of the molecule is CCCCCCN(C(=O)CNC(=O)OC(C)(C)C)C(C(=O)NCCCCC)c1ccc(C)c(C)c1. The first-order valence-electron chi connectivity index (χ1n) is 13.1. The van der Waals surface area contributed by atoms with Crippen molar-refractivity contribution in [1.82, 2.24) is 15.5 Å². The zero-order valence-electron chi connectivity index (χ0n) is 23.0. The molecule has 1 aromatic rings. The monoisotopic (exact) mass is 489 g/mol. The van der Waals surface area contributed by atoms with Crippen LogP contribution >= 0.6 is 0 Å². The van der Waals surface area contributed by atoms with E-state index in [1.807, 2.05) is 32.0 Å². The van der Waals surface area contributed by atoms with Gasteiger partial charge in [-0.2, -0.15) is 0 Å². The highest BCUT2D eigenvalue weighted by atomic mass is 16.6. The van der Waals surface area contributed by atoms with Crippen LogP contribution in [0.2, 0.25) is 0 Å². The molecule has 0 bridgehead atoms. The van der Waals surface area contributed by atoms with E-state index in [0.29, 0.717) is 13.1 Å². The molecule has 0 heterocycles. The fourth-order valence-corrected chi connectivity index (χ4v) is 3.76. The molecule has 0 fully saturated rings. The fourth-order valence-electron chi connectivity index (χ4n) is 3.76. The third-order valence-electron chi connectivity index (χ3n) is 5.84. The van der Waals surface area contributed by atoms with Crippen molar-refractivity contribution in [1.29, 1.82) is 0 Å². The lowest BCUT2D eigenvalue weighted by Gasteiger charge is -2.32. The van der Waals surface area contributed by atoms with E-state index in [9.17, 15) is 14.4 Å². The Morgan fingerprint density at radius 2 is 1.57 bits per heavy atom. The number of nitrogens with zero attached hydrogens (tertiary/aromatic N) is 1. The van der Waals surface area contributed by atoms with Gasteiger partial charge in [0.05, 0.1) is 0 Å². The maximum atomic E-state index is 13.4. The summed E-state index contributed by atoms with van der Waals surface area (Å²) in [6.07, 6.45) is 6.25. The van der Waals surface area contributed by atoms with Crippen molar-refractivity contribution in [3.8, 4) is 0 Å². The zero-order chi connectivity index (χ0) is 26.4. The normalized spacial score (nSPS) is 12.1. The smallest absolute Gasteiger partial charge is 0.408 e.